The highest BCUT2D eigenvalue weighted by Gasteiger charge is 2.60. The quantitative estimate of drug-likeness (QED) is 0.883. The van der Waals surface area contributed by atoms with E-state index in [-0.39, 0.29) is 38.1 Å². The third kappa shape index (κ3) is 3.44. The zero-order valence-corrected chi connectivity index (χ0v) is 15.2. The zero-order valence-electron chi connectivity index (χ0n) is 15.2. The maximum Gasteiger partial charge on any atom is 0.317 e. The molecule has 138 valence electrons. The summed E-state index contributed by atoms with van der Waals surface area (Å²) in [6, 6.07) is 7.72. The van der Waals surface area contributed by atoms with Crippen LogP contribution in [0, 0.1) is 12.3 Å². The summed E-state index contributed by atoms with van der Waals surface area (Å²) in [5.41, 5.74) is 0.937. The number of likely N-dealkylation sites (tertiary alicyclic amines) is 1. The lowest BCUT2D eigenvalue weighted by atomic mass is 9.75. The van der Waals surface area contributed by atoms with Crippen LogP contribution in [0.1, 0.15) is 32.3 Å². The van der Waals surface area contributed by atoms with Crippen molar-refractivity contribution in [2.75, 3.05) is 31.1 Å². The first-order valence-electron chi connectivity index (χ1n) is 8.97. The van der Waals surface area contributed by atoms with Crippen LogP contribution >= 0.6 is 0 Å². The molecule has 2 aliphatic heterocycles. The number of halogens is 2. The first-order chi connectivity index (χ1) is 11.7. The van der Waals surface area contributed by atoms with Gasteiger partial charge >= 0.3 is 6.03 Å². The van der Waals surface area contributed by atoms with Gasteiger partial charge in [-0.3, -0.25) is 0 Å². The number of hydrogen-bond donors (Lipinski definition) is 1. The Balaban J connectivity index is 1.79. The lowest BCUT2D eigenvalue weighted by molar-refractivity contribution is -0.149. The normalized spacial score (nSPS) is 25.7. The minimum absolute atomic E-state index is 0.00161. The van der Waals surface area contributed by atoms with E-state index in [1.165, 1.54) is 0 Å². The number of hydrogen-bond acceptors (Lipinski definition) is 2. The lowest BCUT2D eigenvalue weighted by Crippen LogP contribution is -2.60. The molecule has 2 saturated heterocycles. The number of rotatable bonds is 2. The number of benzene rings is 1. The summed E-state index contributed by atoms with van der Waals surface area (Å²) < 4.78 is 29.7. The summed E-state index contributed by atoms with van der Waals surface area (Å²) in [5.74, 6) is -2.75. The Morgan fingerprint density at radius 3 is 2.64 bits per heavy atom. The van der Waals surface area contributed by atoms with E-state index in [2.05, 4.69) is 5.32 Å². The van der Waals surface area contributed by atoms with Gasteiger partial charge < -0.3 is 15.1 Å². The third-order valence-electron chi connectivity index (χ3n) is 5.39. The number of anilines is 1. The van der Waals surface area contributed by atoms with Crippen molar-refractivity contribution < 1.29 is 13.6 Å². The zero-order chi connectivity index (χ0) is 18.2. The first kappa shape index (κ1) is 18.0. The molecule has 1 N–H and O–H groups in total. The summed E-state index contributed by atoms with van der Waals surface area (Å²) in [7, 11) is 0. The molecule has 4 nitrogen and oxygen atoms in total. The minimum atomic E-state index is -2.75. The maximum absolute atomic E-state index is 14.8. The van der Waals surface area contributed by atoms with Crippen LogP contribution in [0.25, 0.3) is 0 Å². The molecule has 1 aromatic carbocycles. The molecule has 1 aromatic rings. The highest BCUT2D eigenvalue weighted by Crippen LogP contribution is 2.50. The fourth-order valence-electron chi connectivity index (χ4n) is 3.96. The number of amides is 2. The first-order valence-corrected chi connectivity index (χ1v) is 8.97. The highest BCUT2D eigenvalue weighted by molar-refractivity contribution is 5.74. The molecular weight excluding hydrogens is 324 g/mol. The van der Waals surface area contributed by atoms with Crippen molar-refractivity contribution in [2.24, 2.45) is 5.41 Å². The standard InChI is InChI=1S/C19H27F2N3O/c1-14(2)22-17(25)24-10-8-19(20,21)18(13-24)7-9-23(12-18)16-6-4-5-15(3)11-16/h4-6,11,14H,7-10,12-13H2,1-3H3,(H,22,25)/t18-/m0/s1. The van der Waals surface area contributed by atoms with Crippen LogP contribution in [-0.4, -0.2) is 49.1 Å². The highest BCUT2D eigenvalue weighted by atomic mass is 19.3. The van der Waals surface area contributed by atoms with Crippen LogP contribution in [0.5, 0.6) is 0 Å². The molecule has 6 heteroatoms. The number of alkyl halides is 2. The Hall–Kier alpha value is -1.85. The minimum Gasteiger partial charge on any atom is -0.371 e. The molecule has 0 unspecified atom stereocenters. The molecule has 2 amide bonds. The van der Waals surface area contributed by atoms with E-state index in [0.717, 1.165) is 11.3 Å². The Kier molecular flexibility index (Phi) is 4.64. The van der Waals surface area contributed by atoms with Gasteiger partial charge in [0.2, 0.25) is 0 Å². The summed E-state index contributed by atoms with van der Waals surface area (Å²) in [5, 5.41) is 2.83. The maximum atomic E-state index is 14.8. The average molecular weight is 351 g/mol. The molecule has 0 radical (unpaired) electrons. The van der Waals surface area contributed by atoms with E-state index < -0.39 is 11.3 Å². The molecule has 0 saturated carbocycles. The van der Waals surface area contributed by atoms with E-state index in [0.29, 0.717) is 13.0 Å². The molecule has 3 rings (SSSR count). The second-order valence-electron chi connectivity index (χ2n) is 7.77. The van der Waals surface area contributed by atoms with Gasteiger partial charge in [0.1, 0.15) is 0 Å². The molecule has 0 aliphatic carbocycles. The number of carbonyl (C=O) groups is 1. The van der Waals surface area contributed by atoms with Crippen LogP contribution in [0.3, 0.4) is 0 Å². The molecule has 1 atom stereocenters. The smallest absolute Gasteiger partial charge is 0.317 e. The second kappa shape index (κ2) is 6.46. The summed E-state index contributed by atoms with van der Waals surface area (Å²) >= 11 is 0. The number of nitrogens with one attached hydrogen (secondary N) is 1. The number of aryl methyl sites for hydroxylation is 1. The van der Waals surface area contributed by atoms with Gasteiger partial charge in [-0.05, 0) is 44.9 Å². The van der Waals surface area contributed by atoms with Crippen LogP contribution in [0.2, 0.25) is 0 Å². The van der Waals surface area contributed by atoms with Crippen molar-refractivity contribution in [1.82, 2.24) is 10.2 Å². The molecule has 2 aliphatic rings. The molecule has 1 spiro atoms. The van der Waals surface area contributed by atoms with Gasteiger partial charge in [0.05, 0.1) is 5.41 Å². The van der Waals surface area contributed by atoms with E-state index >= 15 is 0 Å². The summed E-state index contributed by atoms with van der Waals surface area (Å²) in [4.78, 5) is 15.9. The average Bonchev–Trinajstić information content (AvgIpc) is 2.95. The van der Waals surface area contributed by atoms with Gasteiger partial charge in [0, 0.05) is 44.3 Å². The fraction of sp³-hybridized carbons (Fsp3) is 0.632. The van der Waals surface area contributed by atoms with Crippen LogP contribution in [-0.2, 0) is 0 Å². The molecular formula is C19H27F2N3O. The van der Waals surface area contributed by atoms with Crippen molar-refractivity contribution in [3.8, 4) is 0 Å². The van der Waals surface area contributed by atoms with Crippen LogP contribution in [0.15, 0.2) is 24.3 Å². The van der Waals surface area contributed by atoms with Gasteiger partial charge in [-0.1, -0.05) is 12.1 Å². The van der Waals surface area contributed by atoms with Crippen molar-refractivity contribution >= 4 is 11.7 Å². The monoisotopic (exact) mass is 351 g/mol. The van der Waals surface area contributed by atoms with Crippen LogP contribution in [0.4, 0.5) is 19.3 Å². The predicted octanol–water partition coefficient (Wildman–Crippen LogP) is 3.65. The van der Waals surface area contributed by atoms with E-state index in [9.17, 15) is 13.6 Å². The second-order valence-corrected chi connectivity index (χ2v) is 7.77. The lowest BCUT2D eigenvalue weighted by Gasteiger charge is -2.46. The number of nitrogens with zero attached hydrogens (tertiary/aromatic N) is 2. The van der Waals surface area contributed by atoms with Crippen molar-refractivity contribution in [2.45, 2.75) is 45.6 Å². The van der Waals surface area contributed by atoms with E-state index in [1.807, 2.05) is 49.9 Å². The topological polar surface area (TPSA) is 35.6 Å². The number of carbonyl (C=O) groups excluding carboxylic acids is 1. The SMILES string of the molecule is Cc1cccc(N2CC[C@@]3(CN(C(=O)NC(C)C)CCC3(F)F)C2)c1. The van der Waals surface area contributed by atoms with Gasteiger partial charge in [-0.25, -0.2) is 13.6 Å². The molecule has 0 aromatic heterocycles. The van der Waals surface area contributed by atoms with Crippen molar-refractivity contribution in [3.63, 3.8) is 0 Å². The third-order valence-corrected chi connectivity index (χ3v) is 5.39. The van der Waals surface area contributed by atoms with Crippen molar-refractivity contribution in [3.05, 3.63) is 29.8 Å². The Bertz CT molecular complexity index is 649. The Morgan fingerprint density at radius 1 is 1.20 bits per heavy atom. The number of piperidine rings is 1. The molecule has 2 heterocycles. The molecule has 25 heavy (non-hydrogen) atoms. The van der Waals surface area contributed by atoms with Gasteiger partial charge in [0.15, 0.2) is 0 Å². The summed E-state index contributed by atoms with van der Waals surface area (Å²) in [6.07, 6.45) is 0.138. The van der Waals surface area contributed by atoms with Crippen LogP contribution < -0.4 is 10.2 Å². The van der Waals surface area contributed by atoms with E-state index in [1.54, 1.807) is 4.90 Å². The molecule has 2 fully saturated rings. The Morgan fingerprint density at radius 2 is 1.96 bits per heavy atom. The Labute approximate surface area is 148 Å². The predicted molar refractivity (Wildman–Crippen MR) is 95.2 cm³/mol. The van der Waals surface area contributed by atoms with Crippen molar-refractivity contribution in [1.29, 1.82) is 0 Å². The fourth-order valence-corrected chi connectivity index (χ4v) is 3.96. The number of urea groups is 1. The van der Waals surface area contributed by atoms with Gasteiger partial charge in [-0.15, -0.1) is 0 Å². The summed E-state index contributed by atoms with van der Waals surface area (Å²) in [6.45, 7) is 6.86. The van der Waals surface area contributed by atoms with E-state index in [4.69, 9.17) is 0 Å². The largest absolute Gasteiger partial charge is 0.371 e. The van der Waals surface area contributed by atoms with Gasteiger partial charge in [0.25, 0.3) is 5.92 Å². The van der Waals surface area contributed by atoms with Gasteiger partial charge in [-0.2, -0.15) is 0 Å². The molecule has 0 bridgehead atoms.